The minimum Gasteiger partial charge on any atom is -0.391 e. The highest BCUT2D eigenvalue weighted by molar-refractivity contribution is 5.82. The van der Waals surface area contributed by atoms with Crippen LogP contribution in [0, 0.1) is 11.3 Å². The second-order valence-electron chi connectivity index (χ2n) is 8.13. The predicted octanol–water partition coefficient (Wildman–Crippen LogP) is 3.18. The van der Waals surface area contributed by atoms with Crippen LogP contribution in [0.25, 0.3) is 10.9 Å². The maximum absolute atomic E-state index is 12.5. The summed E-state index contributed by atoms with van der Waals surface area (Å²) in [4.78, 5) is 18.8. The van der Waals surface area contributed by atoms with Gasteiger partial charge < -0.3 is 10.0 Å². The molecule has 132 valence electrons. The minimum absolute atomic E-state index is 0.103. The van der Waals surface area contributed by atoms with Gasteiger partial charge in [-0.1, -0.05) is 25.1 Å². The van der Waals surface area contributed by atoms with E-state index in [0.717, 1.165) is 23.7 Å². The molecule has 1 aliphatic carbocycles. The number of aliphatic hydroxyl groups is 1. The first-order valence-corrected chi connectivity index (χ1v) is 9.33. The third-order valence-electron chi connectivity index (χ3n) is 6.03. The molecule has 2 aromatic rings. The monoisotopic (exact) mass is 338 g/mol. The highest BCUT2D eigenvalue weighted by atomic mass is 16.3. The Hall–Kier alpha value is -1.94. The van der Waals surface area contributed by atoms with Gasteiger partial charge in [-0.05, 0) is 48.8 Å². The molecule has 2 aliphatic rings. The lowest BCUT2D eigenvalue weighted by Gasteiger charge is -2.17. The molecule has 0 unspecified atom stereocenters. The Labute approximate surface area is 148 Å². The summed E-state index contributed by atoms with van der Waals surface area (Å²) in [5, 5.41) is 11.6. The van der Waals surface area contributed by atoms with Crippen molar-refractivity contribution in [2.24, 2.45) is 11.3 Å². The number of likely N-dealkylation sites (tertiary alicyclic amines) is 1. The lowest BCUT2D eigenvalue weighted by atomic mass is 9.94. The summed E-state index contributed by atoms with van der Waals surface area (Å²) in [6, 6.07) is 10.1. The second-order valence-corrected chi connectivity index (χ2v) is 8.13. The smallest absolute Gasteiger partial charge is 0.222 e. The molecule has 1 saturated heterocycles. The fourth-order valence-corrected chi connectivity index (χ4v) is 3.90. The predicted molar refractivity (Wildman–Crippen MR) is 98.1 cm³/mol. The number of nitrogens with zero attached hydrogens (tertiary/aromatic N) is 2. The quantitative estimate of drug-likeness (QED) is 0.911. The molecule has 2 fully saturated rings. The van der Waals surface area contributed by atoms with Gasteiger partial charge in [0.2, 0.25) is 5.91 Å². The van der Waals surface area contributed by atoms with Crippen LogP contribution in [-0.4, -0.2) is 40.1 Å². The van der Waals surface area contributed by atoms with Gasteiger partial charge in [0.1, 0.15) is 0 Å². The van der Waals surface area contributed by atoms with Crippen molar-refractivity contribution < 1.29 is 9.90 Å². The molecule has 1 aromatic heterocycles. The maximum Gasteiger partial charge on any atom is 0.222 e. The molecule has 4 rings (SSSR count). The molecule has 4 nitrogen and oxygen atoms in total. The number of amides is 1. The standard InChI is InChI=1S/C21H26N2O2/c1-21(9-10-21)8-6-20(25)23-13-16(19(24)14-23)12-15-7-11-22-18-5-3-2-4-17(15)18/h2-5,7,11,16,19,24H,6,8-10,12-14H2,1H3/t16-,19+/m1/s1. The topological polar surface area (TPSA) is 53.4 Å². The zero-order valence-corrected chi connectivity index (χ0v) is 14.8. The minimum atomic E-state index is -0.438. The zero-order chi connectivity index (χ0) is 17.4. The molecule has 2 heterocycles. The number of hydrogen-bond donors (Lipinski definition) is 1. The van der Waals surface area contributed by atoms with E-state index < -0.39 is 6.10 Å². The number of aromatic nitrogens is 1. The number of β-amino-alcohol motifs (C(OH)–C–C–N with tert-alkyl or cyclic N) is 1. The Balaban J connectivity index is 1.42. The van der Waals surface area contributed by atoms with E-state index in [1.165, 1.54) is 18.4 Å². The van der Waals surface area contributed by atoms with Gasteiger partial charge in [0.25, 0.3) is 0 Å². The van der Waals surface area contributed by atoms with Crippen LogP contribution in [0.3, 0.4) is 0 Å². The third-order valence-corrected chi connectivity index (χ3v) is 6.03. The summed E-state index contributed by atoms with van der Waals surface area (Å²) in [6.45, 7) is 3.40. The van der Waals surface area contributed by atoms with Gasteiger partial charge in [-0.2, -0.15) is 0 Å². The van der Waals surface area contributed by atoms with Crippen LogP contribution < -0.4 is 0 Å². The second kappa shape index (κ2) is 6.41. The molecule has 25 heavy (non-hydrogen) atoms. The summed E-state index contributed by atoms with van der Waals surface area (Å²) in [5.41, 5.74) is 2.59. The molecule has 0 spiro atoms. The van der Waals surface area contributed by atoms with Crippen molar-refractivity contribution in [3.63, 3.8) is 0 Å². The molecule has 1 saturated carbocycles. The highest BCUT2D eigenvalue weighted by Gasteiger charge is 2.39. The molecule has 1 aliphatic heterocycles. The number of pyridine rings is 1. The average Bonchev–Trinajstić information content (AvgIpc) is 3.25. The van der Waals surface area contributed by atoms with E-state index in [9.17, 15) is 9.90 Å². The summed E-state index contributed by atoms with van der Waals surface area (Å²) in [7, 11) is 0. The van der Waals surface area contributed by atoms with Gasteiger partial charge in [0.15, 0.2) is 0 Å². The van der Waals surface area contributed by atoms with Crippen LogP contribution in [0.1, 0.15) is 38.2 Å². The molecular weight excluding hydrogens is 312 g/mol. The van der Waals surface area contributed by atoms with Crippen molar-refractivity contribution in [2.75, 3.05) is 13.1 Å². The normalized spacial score (nSPS) is 24.6. The van der Waals surface area contributed by atoms with Crippen molar-refractivity contribution >= 4 is 16.8 Å². The van der Waals surface area contributed by atoms with E-state index in [-0.39, 0.29) is 11.8 Å². The van der Waals surface area contributed by atoms with Gasteiger partial charge in [0, 0.05) is 37.0 Å². The number of carbonyl (C=O) groups excluding carboxylic acids is 1. The van der Waals surface area contributed by atoms with E-state index in [1.807, 2.05) is 35.4 Å². The Morgan fingerprint density at radius 3 is 2.88 bits per heavy atom. The summed E-state index contributed by atoms with van der Waals surface area (Å²) < 4.78 is 0. The SMILES string of the molecule is CC1(CCC(=O)N2C[C@@H](Cc3ccnc4ccccc34)[C@@H](O)C2)CC1. The van der Waals surface area contributed by atoms with E-state index in [1.54, 1.807) is 0 Å². The Morgan fingerprint density at radius 2 is 2.08 bits per heavy atom. The van der Waals surface area contributed by atoms with Crippen LogP contribution in [0.4, 0.5) is 0 Å². The molecule has 1 N–H and O–H groups in total. The van der Waals surface area contributed by atoms with Crippen molar-refractivity contribution in [3.8, 4) is 0 Å². The number of aliphatic hydroxyl groups excluding tert-OH is 1. The van der Waals surface area contributed by atoms with E-state index in [2.05, 4.69) is 18.0 Å². The van der Waals surface area contributed by atoms with Gasteiger partial charge in [-0.15, -0.1) is 0 Å². The van der Waals surface area contributed by atoms with Gasteiger partial charge in [0.05, 0.1) is 11.6 Å². The summed E-state index contributed by atoms with van der Waals surface area (Å²) >= 11 is 0. The largest absolute Gasteiger partial charge is 0.391 e. The van der Waals surface area contributed by atoms with E-state index in [0.29, 0.717) is 24.9 Å². The summed E-state index contributed by atoms with van der Waals surface area (Å²) in [5.74, 6) is 0.306. The maximum atomic E-state index is 12.5. The number of para-hydroxylation sites is 1. The molecule has 0 radical (unpaired) electrons. The Kier molecular flexibility index (Phi) is 4.24. The lowest BCUT2D eigenvalue weighted by Crippen LogP contribution is -2.29. The van der Waals surface area contributed by atoms with Crippen LogP contribution in [-0.2, 0) is 11.2 Å². The highest BCUT2D eigenvalue weighted by Crippen LogP contribution is 2.49. The molecule has 1 amide bonds. The Morgan fingerprint density at radius 1 is 1.28 bits per heavy atom. The van der Waals surface area contributed by atoms with Crippen LogP contribution >= 0.6 is 0 Å². The lowest BCUT2D eigenvalue weighted by molar-refractivity contribution is -0.130. The third kappa shape index (κ3) is 3.54. The van der Waals surface area contributed by atoms with Crippen LogP contribution in [0.15, 0.2) is 36.5 Å². The van der Waals surface area contributed by atoms with Crippen LogP contribution in [0.2, 0.25) is 0 Å². The van der Waals surface area contributed by atoms with E-state index in [4.69, 9.17) is 0 Å². The molecule has 2 atom stereocenters. The van der Waals surface area contributed by atoms with Crippen molar-refractivity contribution in [3.05, 3.63) is 42.1 Å². The van der Waals surface area contributed by atoms with Crippen LogP contribution in [0.5, 0.6) is 0 Å². The molecule has 4 heteroatoms. The van der Waals surface area contributed by atoms with Crippen molar-refractivity contribution in [1.82, 2.24) is 9.88 Å². The number of hydrogen-bond acceptors (Lipinski definition) is 3. The van der Waals surface area contributed by atoms with E-state index >= 15 is 0 Å². The Bertz CT molecular complexity index is 779. The number of fused-ring (bicyclic) bond motifs is 1. The van der Waals surface area contributed by atoms with Crippen molar-refractivity contribution in [2.45, 2.75) is 45.1 Å². The molecular formula is C21H26N2O2. The average molecular weight is 338 g/mol. The van der Waals surface area contributed by atoms with Gasteiger partial charge in [-0.3, -0.25) is 9.78 Å². The van der Waals surface area contributed by atoms with Gasteiger partial charge in [-0.25, -0.2) is 0 Å². The molecule has 1 aromatic carbocycles. The number of carbonyl (C=O) groups is 1. The summed E-state index contributed by atoms with van der Waals surface area (Å²) in [6.07, 6.45) is 6.28. The first-order valence-electron chi connectivity index (χ1n) is 9.33. The number of benzene rings is 1. The molecule has 0 bridgehead atoms. The fourth-order valence-electron chi connectivity index (χ4n) is 3.90. The van der Waals surface area contributed by atoms with Gasteiger partial charge >= 0.3 is 0 Å². The fraction of sp³-hybridized carbons (Fsp3) is 0.524. The zero-order valence-electron chi connectivity index (χ0n) is 14.8. The first kappa shape index (κ1) is 16.5. The van der Waals surface area contributed by atoms with Crippen molar-refractivity contribution in [1.29, 1.82) is 0 Å². The first-order chi connectivity index (χ1) is 12.0. The number of rotatable bonds is 5.